The predicted octanol–water partition coefficient (Wildman–Crippen LogP) is 4.14. The summed E-state index contributed by atoms with van der Waals surface area (Å²) in [5.41, 5.74) is 2.23. The lowest BCUT2D eigenvalue weighted by atomic mass is 9.91. The van der Waals surface area contributed by atoms with Crippen molar-refractivity contribution in [2.24, 2.45) is 0 Å². The highest BCUT2D eigenvalue weighted by Gasteiger charge is 2.09. The predicted molar refractivity (Wildman–Crippen MR) is 64.9 cm³/mol. The zero-order valence-electron chi connectivity index (χ0n) is 8.94. The maximum atomic E-state index is 12.8. The van der Waals surface area contributed by atoms with Crippen LogP contribution in [0.3, 0.4) is 0 Å². The molecule has 80 valence electrons. The molecule has 2 aromatic carbocycles. The van der Waals surface area contributed by atoms with E-state index in [2.05, 4.69) is 18.7 Å². The van der Waals surface area contributed by atoms with Crippen LogP contribution in [-0.4, -0.2) is 0 Å². The van der Waals surface area contributed by atoms with Gasteiger partial charge in [0, 0.05) is 5.92 Å². The van der Waals surface area contributed by atoms with Crippen molar-refractivity contribution in [3.8, 4) is 0 Å². The monoisotopic (exact) mass is 212 g/mol. The third-order valence-corrected chi connectivity index (χ3v) is 2.62. The molecule has 16 heavy (non-hydrogen) atoms. The normalized spacial score (nSPS) is 12.1. The lowest BCUT2D eigenvalue weighted by Crippen LogP contribution is -1.96. The first-order chi connectivity index (χ1) is 7.81. The number of benzene rings is 2. The Kier molecular flexibility index (Phi) is 3.16. The molecular weight excluding hydrogens is 199 g/mol. The maximum absolute atomic E-state index is 12.8. The third kappa shape index (κ3) is 2.19. The molecule has 0 aliphatic rings. The molecule has 0 aliphatic heterocycles. The Labute approximate surface area is 95.1 Å². The van der Waals surface area contributed by atoms with Crippen molar-refractivity contribution < 1.29 is 4.39 Å². The van der Waals surface area contributed by atoms with Crippen molar-refractivity contribution in [2.45, 2.75) is 5.92 Å². The molecule has 2 aromatic rings. The van der Waals surface area contributed by atoms with Crippen LogP contribution in [0, 0.1) is 5.82 Å². The molecule has 2 rings (SSSR count). The lowest BCUT2D eigenvalue weighted by molar-refractivity contribution is 0.627. The van der Waals surface area contributed by atoms with Crippen LogP contribution in [0.5, 0.6) is 0 Å². The second-order valence-electron chi connectivity index (χ2n) is 3.68. The van der Waals surface area contributed by atoms with Gasteiger partial charge in [-0.3, -0.25) is 0 Å². The van der Waals surface area contributed by atoms with Gasteiger partial charge in [-0.05, 0) is 23.3 Å². The van der Waals surface area contributed by atoms with E-state index in [4.69, 9.17) is 0 Å². The molecule has 0 aliphatic carbocycles. The van der Waals surface area contributed by atoms with Gasteiger partial charge in [-0.25, -0.2) is 4.39 Å². The Bertz CT molecular complexity index is 457. The van der Waals surface area contributed by atoms with Crippen LogP contribution < -0.4 is 0 Å². The topological polar surface area (TPSA) is 0 Å². The Balaban J connectivity index is 2.37. The molecule has 0 N–H and O–H groups in total. The van der Waals surface area contributed by atoms with Gasteiger partial charge in [-0.15, -0.1) is 6.58 Å². The van der Waals surface area contributed by atoms with Gasteiger partial charge in [-0.1, -0.05) is 48.5 Å². The van der Waals surface area contributed by atoms with Crippen LogP contribution in [0.2, 0.25) is 0 Å². The molecule has 1 heteroatoms. The van der Waals surface area contributed by atoms with Gasteiger partial charge in [0.05, 0.1) is 0 Å². The van der Waals surface area contributed by atoms with Crippen molar-refractivity contribution in [1.82, 2.24) is 0 Å². The molecule has 0 bridgehead atoms. The van der Waals surface area contributed by atoms with Crippen LogP contribution >= 0.6 is 0 Å². The summed E-state index contributed by atoms with van der Waals surface area (Å²) in [5.74, 6) is -0.0820. The average Bonchev–Trinajstić information content (AvgIpc) is 2.34. The summed E-state index contributed by atoms with van der Waals surface area (Å²) in [6.07, 6.45) is 1.88. The van der Waals surface area contributed by atoms with E-state index in [9.17, 15) is 4.39 Å². The van der Waals surface area contributed by atoms with Crippen LogP contribution in [0.25, 0.3) is 0 Å². The van der Waals surface area contributed by atoms with Crippen molar-refractivity contribution >= 4 is 0 Å². The number of allylic oxidation sites excluding steroid dienone is 1. The molecule has 0 saturated carbocycles. The van der Waals surface area contributed by atoms with E-state index < -0.39 is 0 Å². The van der Waals surface area contributed by atoms with Crippen molar-refractivity contribution in [3.63, 3.8) is 0 Å². The van der Waals surface area contributed by atoms with E-state index in [1.165, 1.54) is 17.7 Å². The second-order valence-corrected chi connectivity index (χ2v) is 3.68. The molecule has 0 amide bonds. The van der Waals surface area contributed by atoms with E-state index in [0.717, 1.165) is 5.56 Å². The second kappa shape index (κ2) is 4.75. The standard InChI is InChI=1S/C15H13F/c1-2-15(12-6-4-3-5-7-12)13-8-10-14(16)11-9-13/h2-11,15H,1H2/t15-/m1/s1. The fraction of sp³-hybridized carbons (Fsp3) is 0.0667. The zero-order chi connectivity index (χ0) is 11.4. The highest BCUT2D eigenvalue weighted by atomic mass is 19.1. The average molecular weight is 212 g/mol. The molecule has 0 unspecified atom stereocenters. The molecule has 0 saturated heterocycles. The van der Waals surface area contributed by atoms with Gasteiger partial charge in [0.1, 0.15) is 5.82 Å². The Morgan fingerprint density at radius 2 is 1.44 bits per heavy atom. The highest BCUT2D eigenvalue weighted by Crippen LogP contribution is 2.25. The lowest BCUT2D eigenvalue weighted by Gasteiger charge is -2.13. The molecule has 0 nitrogen and oxygen atoms in total. The van der Waals surface area contributed by atoms with Crippen LogP contribution in [0.15, 0.2) is 67.3 Å². The quantitative estimate of drug-likeness (QED) is 0.671. The smallest absolute Gasteiger partial charge is 0.123 e. The van der Waals surface area contributed by atoms with E-state index in [0.29, 0.717) is 0 Å². The van der Waals surface area contributed by atoms with Gasteiger partial charge in [-0.2, -0.15) is 0 Å². The van der Waals surface area contributed by atoms with E-state index in [1.54, 1.807) is 12.1 Å². The minimum atomic E-state index is -0.209. The number of hydrogen-bond donors (Lipinski definition) is 0. The summed E-state index contributed by atoms with van der Waals surface area (Å²) in [4.78, 5) is 0. The van der Waals surface area contributed by atoms with Crippen molar-refractivity contribution in [3.05, 3.63) is 84.2 Å². The molecular formula is C15H13F. The molecule has 0 radical (unpaired) electrons. The SMILES string of the molecule is C=C[C@H](c1ccccc1)c1ccc(F)cc1. The van der Waals surface area contributed by atoms with Gasteiger partial charge >= 0.3 is 0 Å². The van der Waals surface area contributed by atoms with Gasteiger partial charge in [0.15, 0.2) is 0 Å². The maximum Gasteiger partial charge on any atom is 0.123 e. The minimum Gasteiger partial charge on any atom is -0.207 e. The first-order valence-corrected chi connectivity index (χ1v) is 5.24. The highest BCUT2D eigenvalue weighted by molar-refractivity contribution is 5.36. The Morgan fingerprint density at radius 1 is 0.875 bits per heavy atom. The van der Waals surface area contributed by atoms with Gasteiger partial charge in [0.2, 0.25) is 0 Å². The van der Waals surface area contributed by atoms with Crippen LogP contribution in [0.1, 0.15) is 17.0 Å². The van der Waals surface area contributed by atoms with E-state index >= 15 is 0 Å². The van der Waals surface area contributed by atoms with Gasteiger partial charge < -0.3 is 0 Å². The molecule has 0 spiro atoms. The summed E-state index contributed by atoms with van der Waals surface area (Å²) in [6, 6.07) is 16.6. The fourth-order valence-electron chi connectivity index (χ4n) is 1.80. The van der Waals surface area contributed by atoms with Crippen LogP contribution in [0.4, 0.5) is 4.39 Å². The Morgan fingerprint density at radius 3 is 2.00 bits per heavy atom. The van der Waals surface area contributed by atoms with Crippen molar-refractivity contribution in [1.29, 1.82) is 0 Å². The molecule has 1 atom stereocenters. The molecule has 0 fully saturated rings. The Hall–Kier alpha value is -1.89. The van der Waals surface area contributed by atoms with Crippen LogP contribution in [-0.2, 0) is 0 Å². The van der Waals surface area contributed by atoms with E-state index in [-0.39, 0.29) is 11.7 Å². The van der Waals surface area contributed by atoms with E-state index in [1.807, 2.05) is 24.3 Å². The largest absolute Gasteiger partial charge is 0.207 e. The molecule has 0 heterocycles. The third-order valence-electron chi connectivity index (χ3n) is 2.62. The zero-order valence-corrected chi connectivity index (χ0v) is 8.94. The summed E-state index contributed by atoms with van der Waals surface area (Å²) < 4.78 is 12.8. The first kappa shape index (κ1) is 10.6. The first-order valence-electron chi connectivity index (χ1n) is 5.24. The van der Waals surface area contributed by atoms with Gasteiger partial charge in [0.25, 0.3) is 0 Å². The summed E-state index contributed by atoms with van der Waals surface area (Å²) in [5, 5.41) is 0. The minimum absolute atomic E-state index is 0.127. The summed E-state index contributed by atoms with van der Waals surface area (Å²) in [7, 11) is 0. The number of hydrogen-bond acceptors (Lipinski definition) is 0. The number of halogens is 1. The van der Waals surface area contributed by atoms with Crippen molar-refractivity contribution in [2.75, 3.05) is 0 Å². The fourth-order valence-corrected chi connectivity index (χ4v) is 1.80. The number of rotatable bonds is 3. The molecule has 0 aromatic heterocycles. The summed E-state index contributed by atoms with van der Waals surface area (Å²) >= 11 is 0. The summed E-state index contributed by atoms with van der Waals surface area (Å²) in [6.45, 7) is 3.84.